The highest BCUT2D eigenvalue weighted by molar-refractivity contribution is 6.02. The van der Waals surface area contributed by atoms with Crippen LogP contribution in [0.3, 0.4) is 0 Å². The third-order valence-corrected chi connectivity index (χ3v) is 4.38. The molecule has 1 heterocycles. The fourth-order valence-corrected chi connectivity index (χ4v) is 2.81. The summed E-state index contributed by atoms with van der Waals surface area (Å²) >= 11 is 0. The minimum Gasteiger partial charge on any atom is -0.493 e. The first-order valence-corrected chi connectivity index (χ1v) is 8.16. The van der Waals surface area contributed by atoms with Gasteiger partial charge in [-0.05, 0) is 30.2 Å². The maximum absolute atomic E-state index is 12.3. The first-order chi connectivity index (χ1) is 11.9. The smallest absolute Gasteiger partial charge is 0.229 e. The molecule has 1 aliphatic heterocycles. The predicted octanol–water partition coefficient (Wildman–Crippen LogP) is 1.51. The van der Waals surface area contributed by atoms with Gasteiger partial charge in [-0.25, -0.2) is 0 Å². The maximum Gasteiger partial charge on any atom is 0.229 e. The molecular weight excluding hydrogens is 324 g/mol. The van der Waals surface area contributed by atoms with Crippen molar-refractivity contribution in [2.75, 3.05) is 27.8 Å². The monoisotopic (exact) mass is 348 g/mol. The second kappa shape index (κ2) is 8.00. The van der Waals surface area contributed by atoms with Gasteiger partial charge in [-0.1, -0.05) is 0 Å². The van der Waals surface area contributed by atoms with Crippen LogP contribution in [0.5, 0.6) is 11.5 Å². The molecule has 0 spiro atoms. The number of hydrogen-bond acceptors (Lipinski definition) is 5. The molecule has 7 heteroatoms. The molecule has 2 rings (SSSR count). The van der Waals surface area contributed by atoms with Crippen LogP contribution in [0.15, 0.2) is 12.1 Å². The lowest BCUT2D eigenvalue weighted by atomic mass is 10.1. The zero-order chi connectivity index (χ0) is 18.6. The summed E-state index contributed by atoms with van der Waals surface area (Å²) in [6.07, 6.45) is 0.613. The van der Waals surface area contributed by atoms with Crippen molar-refractivity contribution in [2.45, 2.75) is 32.7 Å². The number of rotatable bonds is 7. The number of amides is 3. The average Bonchev–Trinajstić information content (AvgIpc) is 2.92. The van der Waals surface area contributed by atoms with E-state index in [1.54, 1.807) is 26.2 Å². The van der Waals surface area contributed by atoms with Crippen molar-refractivity contribution >= 4 is 17.7 Å². The summed E-state index contributed by atoms with van der Waals surface area (Å²) < 4.78 is 10.6. The molecule has 0 atom stereocenters. The van der Waals surface area contributed by atoms with E-state index in [2.05, 4.69) is 0 Å². The standard InChI is InChI=1S/C18H24N2O5/c1-12-9-14(24-3)15(25-4)10-13(12)11-19(2)16(21)7-8-20-17(22)5-6-18(20)23/h9-10H,5-8,11H2,1-4H3. The molecule has 0 aliphatic carbocycles. The second-order valence-corrected chi connectivity index (χ2v) is 6.07. The van der Waals surface area contributed by atoms with Gasteiger partial charge in [-0.15, -0.1) is 0 Å². The highest BCUT2D eigenvalue weighted by Crippen LogP contribution is 2.30. The molecule has 7 nitrogen and oxygen atoms in total. The van der Waals surface area contributed by atoms with Crippen LogP contribution in [0.1, 0.15) is 30.4 Å². The quantitative estimate of drug-likeness (QED) is 0.698. The second-order valence-electron chi connectivity index (χ2n) is 6.07. The number of likely N-dealkylation sites (tertiary alicyclic amines) is 1. The minimum atomic E-state index is -0.198. The van der Waals surface area contributed by atoms with Crippen molar-refractivity contribution in [2.24, 2.45) is 0 Å². The number of ether oxygens (including phenoxy) is 2. The van der Waals surface area contributed by atoms with Crippen LogP contribution < -0.4 is 9.47 Å². The van der Waals surface area contributed by atoms with E-state index in [-0.39, 0.29) is 43.5 Å². The predicted molar refractivity (Wildman–Crippen MR) is 91.3 cm³/mol. The molecule has 0 radical (unpaired) electrons. The van der Waals surface area contributed by atoms with Gasteiger partial charge in [0.05, 0.1) is 14.2 Å². The number of nitrogens with zero attached hydrogens (tertiary/aromatic N) is 2. The Kier molecular flexibility index (Phi) is 6.01. The first-order valence-electron chi connectivity index (χ1n) is 8.16. The van der Waals surface area contributed by atoms with E-state index in [0.717, 1.165) is 11.1 Å². The number of benzene rings is 1. The zero-order valence-electron chi connectivity index (χ0n) is 15.1. The van der Waals surface area contributed by atoms with Gasteiger partial charge in [0, 0.05) is 39.4 Å². The normalized spacial score (nSPS) is 14.0. The Bertz CT molecular complexity index is 670. The Morgan fingerprint density at radius 1 is 1.12 bits per heavy atom. The zero-order valence-corrected chi connectivity index (χ0v) is 15.1. The van der Waals surface area contributed by atoms with Crippen molar-refractivity contribution in [1.29, 1.82) is 0 Å². The number of methoxy groups -OCH3 is 2. The molecule has 0 saturated carbocycles. The molecule has 1 aliphatic rings. The number of hydrogen-bond donors (Lipinski definition) is 0. The summed E-state index contributed by atoms with van der Waals surface area (Å²) in [6.45, 7) is 2.50. The molecule has 1 aromatic rings. The molecule has 1 aromatic carbocycles. The third kappa shape index (κ3) is 4.29. The van der Waals surface area contributed by atoms with Gasteiger partial charge in [-0.2, -0.15) is 0 Å². The Balaban J connectivity index is 1.99. The Morgan fingerprint density at radius 3 is 2.24 bits per heavy atom. The molecule has 3 amide bonds. The summed E-state index contributed by atoms with van der Waals surface area (Å²) in [4.78, 5) is 38.3. The van der Waals surface area contributed by atoms with Gasteiger partial charge in [0.2, 0.25) is 17.7 Å². The SMILES string of the molecule is COc1cc(C)c(CN(C)C(=O)CCN2C(=O)CCC2=O)cc1OC. The topological polar surface area (TPSA) is 76.2 Å². The number of aryl methyl sites for hydroxylation is 1. The first kappa shape index (κ1) is 18.8. The summed E-state index contributed by atoms with van der Waals surface area (Å²) in [5, 5.41) is 0. The van der Waals surface area contributed by atoms with Crippen LogP contribution in [0, 0.1) is 6.92 Å². The van der Waals surface area contributed by atoms with Gasteiger partial charge in [0.25, 0.3) is 0 Å². The van der Waals surface area contributed by atoms with E-state index in [1.165, 1.54) is 4.90 Å². The fraction of sp³-hybridized carbons (Fsp3) is 0.500. The van der Waals surface area contributed by atoms with Gasteiger partial charge in [-0.3, -0.25) is 19.3 Å². The molecule has 0 N–H and O–H groups in total. The molecule has 1 fully saturated rings. The molecular formula is C18H24N2O5. The summed E-state index contributed by atoms with van der Waals surface area (Å²) in [5.74, 6) is 0.732. The maximum atomic E-state index is 12.3. The minimum absolute atomic E-state index is 0.123. The largest absolute Gasteiger partial charge is 0.493 e. The van der Waals surface area contributed by atoms with Gasteiger partial charge in [0.1, 0.15) is 0 Å². The number of imide groups is 1. The van der Waals surface area contributed by atoms with Gasteiger partial charge in [0.15, 0.2) is 11.5 Å². The van der Waals surface area contributed by atoms with Crippen molar-refractivity contribution in [3.8, 4) is 11.5 Å². The fourth-order valence-electron chi connectivity index (χ4n) is 2.81. The van der Waals surface area contributed by atoms with E-state index in [4.69, 9.17) is 9.47 Å². The van der Waals surface area contributed by atoms with E-state index in [1.807, 2.05) is 19.1 Å². The Hall–Kier alpha value is -2.57. The van der Waals surface area contributed by atoms with Crippen molar-refractivity contribution in [3.63, 3.8) is 0 Å². The summed E-state index contributed by atoms with van der Waals surface area (Å²) in [6, 6.07) is 3.72. The van der Waals surface area contributed by atoms with Crippen molar-refractivity contribution in [1.82, 2.24) is 9.80 Å². The van der Waals surface area contributed by atoms with E-state index < -0.39 is 0 Å². The summed E-state index contributed by atoms with van der Waals surface area (Å²) in [7, 11) is 4.84. The highest BCUT2D eigenvalue weighted by Gasteiger charge is 2.29. The van der Waals surface area contributed by atoms with Crippen LogP contribution in [-0.2, 0) is 20.9 Å². The van der Waals surface area contributed by atoms with Crippen LogP contribution >= 0.6 is 0 Å². The van der Waals surface area contributed by atoms with Crippen LogP contribution in [-0.4, -0.2) is 55.3 Å². The van der Waals surface area contributed by atoms with Crippen molar-refractivity contribution in [3.05, 3.63) is 23.3 Å². The lowest BCUT2D eigenvalue weighted by molar-refractivity contribution is -0.139. The summed E-state index contributed by atoms with van der Waals surface area (Å²) in [5.41, 5.74) is 1.93. The lowest BCUT2D eigenvalue weighted by Gasteiger charge is -2.21. The molecule has 136 valence electrons. The number of carbonyl (C=O) groups excluding carboxylic acids is 3. The lowest BCUT2D eigenvalue weighted by Crippen LogP contribution is -2.34. The molecule has 0 bridgehead atoms. The van der Waals surface area contributed by atoms with Crippen molar-refractivity contribution < 1.29 is 23.9 Å². The van der Waals surface area contributed by atoms with Crippen LogP contribution in [0.4, 0.5) is 0 Å². The van der Waals surface area contributed by atoms with Crippen LogP contribution in [0.25, 0.3) is 0 Å². The van der Waals surface area contributed by atoms with Gasteiger partial charge >= 0.3 is 0 Å². The van der Waals surface area contributed by atoms with E-state index >= 15 is 0 Å². The molecule has 0 aromatic heterocycles. The Morgan fingerprint density at radius 2 is 1.68 bits per heavy atom. The van der Waals surface area contributed by atoms with E-state index in [0.29, 0.717) is 18.0 Å². The molecule has 1 saturated heterocycles. The third-order valence-electron chi connectivity index (χ3n) is 4.38. The average molecular weight is 348 g/mol. The van der Waals surface area contributed by atoms with Crippen LogP contribution in [0.2, 0.25) is 0 Å². The highest BCUT2D eigenvalue weighted by atomic mass is 16.5. The Labute approximate surface area is 147 Å². The molecule has 25 heavy (non-hydrogen) atoms. The van der Waals surface area contributed by atoms with Gasteiger partial charge < -0.3 is 14.4 Å². The number of carbonyl (C=O) groups is 3. The molecule has 0 unspecified atom stereocenters. The van der Waals surface area contributed by atoms with E-state index in [9.17, 15) is 14.4 Å².